The predicted octanol–water partition coefficient (Wildman–Crippen LogP) is 2.31. The third-order valence-electron chi connectivity index (χ3n) is 4.02. The molecule has 0 saturated carbocycles. The number of benzene rings is 1. The summed E-state index contributed by atoms with van der Waals surface area (Å²) < 4.78 is 10.4. The molecule has 0 atom stereocenters. The summed E-state index contributed by atoms with van der Waals surface area (Å²) in [6, 6.07) is 5.33. The largest absolute Gasteiger partial charge is 0.497 e. The fraction of sp³-hybridized carbons (Fsp3) is 0.562. The number of piperidine rings is 1. The number of likely N-dealkylation sites (tertiary alicyclic amines) is 1. The summed E-state index contributed by atoms with van der Waals surface area (Å²) in [6.07, 6.45) is 1.97. The molecule has 2 N–H and O–H groups in total. The van der Waals surface area contributed by atoms with Gasteiger partial charge in [-0.15, -0.1) is 0 Å². The van der Waals surface area contributed by atoms with E-state index in [1.807, 2.05) is 0 Å². The van der Waals surface area contributed by atoms with Gasteiger partial charge in [0.05, 0.1) is 19.9 Å². The van der Waals surface area contributed by atoms with Crippen molar-refractivity contribution in [3.63, 3.8) is 0 Å². The monoisotopic (exact) mass is 307 g/mol. The second-order valence-electron chi connectivity index (χ2n) is 5.37. The second-order valence-corrected chi connectivity index (χ2v) is 5.37. The van der Waals surface area contributed by atoms with Crippen LogP contribution in [-0.4, -0.2) is 50.8 Å². The van der Waals surface area contributed by atoms with Gasteiger partial charge in [-0.1, -0.05) is 6.92 Å². The quantitative estimate of drug-likeness (QED) is 0.876. The number of urea groups is 1. The molecule has 1 aliphatic heterocycles. The van der Waals surface area contributed by atoms with E-state index in [0.29, 0.717) is 17.2 Å². The Hall–Kier alpha value is -1.95. The molecular formula is C16H25N3O3. The zero-order valence-corrected chi connectivity index (χ0v) is 13.5. The van der Waals surface area contributed by atoms with Crippen LogP contribution in [0.25, 0.3) is 0 Å². The first-order valence-electron chi connectivity index (χ1n) is 7.68. The van der Waals surface area contributed by atoms with Crippen molar-refractivity contribution in [2.75, 3.05) is 39.2 Å². The van der Waals surface area contributed by atoms with Crippen LogP contribution in [-0.2, 0) is 0 Å². The van der Waals surface area contributed by atoms with Crippen LogP contribution in [0.15, 0.2) is 18.2 Å². The van der Waals surface area contributed by atoms with Gasteiger partial charge in [0, 0.05) is 25.2 Å². The first-order chi connectivity index (χ1) is 10.7. The highest BCUT2D eigenvalue weighted by molar-refractivity contribution is 5.91. The van der Waals surface area contributed by atoms with Gasteiger partial charge < -0.3 is 25.0 Å². The Balaban J connectivity index is 1.92. The third-order valence-corrected chi connectivity index (χ3v) is 4.02. The van der Waals surface area contributed by atoms with Gasteiger partial charge >= 0.3 is 6.03 Å². The number of hydrogen-bond acceptors (Lipinski definition) is 4. The lowest BCUT2D eigenvalue weighted by Crippen LogP contribution is -2.45. The molecule has 0 aliphatic carbocycles. The van der Waals surface area contributed by atoms with Crippen LogP contribution in [0.5, 0.6) is 11.5 Å². The first kappa shape index (κ1) is 16.4. The maximum absolute atomic E-state index is 12.2. The van der Waals surface area contributed by atoms with E-state index in [9.17, 15) is 4.79 Å². The van der Waals surface area contributed by atoms with E-state index in [1.165, 1.54) is 0 Å². The SMILES string of the molecule is CCN1CCC(NC(=O)Nc2cc(OC)ccc2OC)CC1. The highest BCUT2D eigenvalue weighted by Crippen LogP contribution is 2.28. The molecule has 1 saturated heterocycles. The van der Waals surface area contributed by atoms with Gasteiger partial charge in [0.1, 0.15) is 11.5 Å². The molecule has 0 unspecified atom stereocenters. The number of carbonyl (C=O) groups excluding carboxylic acids is 1. The number of methoxy groups -OCH3 is 2. The topological polar surface area (TPSA) is 62.8 Å². The smallest absolute Gasteiger partial charge is 0.319 e. The second kappa shape index (κ2) is 7.89. The van der Waals surface area contributed by atoms with Gasteiger partial charge in [-0.05, 0) is 31.5 Å². The van der Waals surface area contributed by atoms with E-state index in [2.05, 4.69) is 22.5 Å². The zero-order valence-electron chi connectivity index (χ0n) is 13.5. The molecule has 0 aromatic heterocycles. The van der Waals surface area contributed by atoms with Gasteiger partial charge in [-0.25, -0.2) is 4.79 Å². The molecule has 1 fully saturated rings. The molecule has 22 heavy (non-hydrogen) atoms. The predicted molar refractivity (Wildman–Crippen MR) is 86.8 cm³/mol. The Kier molecular flexibility index (Phi) is 5.89. The van der Waals surface area contributed by atoms with Gasteiger partial charge in [-0.3, -0.25) is 0 Å². The van der Waals surface area contributed by atoms with Crippen LogP contribution in [0.2, 0.25) is 0 Å². The molecule has 2 rings (SSSR count). The fourth-order valence-electron chi connectivity index (χ4n) is 2.65. The molecule has 1 aliphatic rings. The first-order valence-corrected chi connectivity index (χ1v) is 7.68. The van der Waals surface area contributed by atoms with Crippen molar-refractivity contribution in [2.24, 2.45) is 0 Å². The van der Waals surface area contributed by atoms with E-state index in [4.69, 9.17) is 9.47 Å². The molecule has 6 heteroatoms. The van der Waals surface area contributed by atoms with Crippen molar-refractivity contribution >= 4 is 11.7 Å². The summed E-state index contributed by atoms with van der Waals surface area (Å²) in [6.45, 7) is 5.29. The lowest BCUT2D eigenvalue weighted by atomic mass is 10.1. The average molecular weight is 307 g/mol. The van der Waals surface area contributed by atoms with Crippen molar-refractivity contribution in [3.05, 3.63) is 18.2 Å². The van der Waals surface area contributed by atoms with Crippen LogP contribution in [0, 0.1) is 0 Å². The number of carbonyl (C=O) groups is 1. The van der Waals surface area contributed by atoms with Gasteiger partial charge in [0.15, 0.2) is 0 Å². The highest BCUT2D eigenvalue weighted by atomic mass is 16.5. The number of nitrogens with one attached hydrogen (secondary N) is 2. The molecular weight excluding hydrogens is 282 g/mol. The van der Waals surface area contributed by atoms with Crippen molar-refractivity contribution in [1.29, 1.82) is 0 Å². The Bertz CT molecular complexity index is 499. The van der Waals surface area contributed by atoms with Crippen molar-refractivity contribution in [2.45, 2.75) is 25.8 Å². The van der Waals surface area contributed by atoms with Crippen molar-refractivity contribution in [3.8, 4) is 11.5 Å². The number of ether oxygens (including phenoxy) is 2. The summed E-state index contributed by atoms with van der Waals surface area (Å²) in [5, 5.41) is 5.87. The van der Waals surface area contributed by atoms with Gasteiger partial charge in [-0.2, -0.15) is 0 Å². The van der Waals surface area contributed by atoms with Crippen molar-refractivity contribution < 1.29 is 14.3 Å². The van der Waals surface area contributed by atoms with E-state index < -0.39 is 0 Å². The van der Waals surface area contributed by atoms with Gasteiger partial charge in [0.25, 0.3) is 0 Å². The highest BCUT2D eigenvalue weighted by Gasteiger charge is 2.20. The number of nitrogens with zero attached hydrogens (tertiary/aromatic N) is 1. The van der Waals surface area contributed by atoms with Crippen LogP contribution < -0.4 is 20.1 Å². The third kappa shape index (κ3) is 4.27. The molecule has 0 bridgehead atoms. The number of hydrogen-bond donors (Lipinski definition) is 2. The molecule has 6 nitrogen and oxygen atoms in total. The van der Waals surface area contributed by atoms with Crippen LogP contribution >= 0.6 is 0 Å². The van der Waals surface area contributed by atoms with E-state index in [-0.39, 0.29) is 12.1 Å². The minimum absolute atomic E-state index is 0.207. The lowest BCUT2D eigenvalue weighted by Gasteiger charge is -2.31. The van der Waals surface area contributed by atoms with Crippen LogP contribution in [0.4, 0.5) is 10.5 Å². The molecule has 2 amide bonds. The van der Waals surface area contributed by atoms with Crippen molar-refractivity contribution in [1.82, 2.24) is 10.2 Å². The molecule has 1 heterocycles. The number of rotatable bonds is 5. The lowest BCUT2D eigenvalue weighted by molar-refractivity contribution is 0.203. The Morgan fingerprint density at radius 3 is 2.59 bits per heavy atom. The summed E-state index contributed by atoms with van der Waals surface area (Å²) in [5.41, 5.74) is 0.602. The minimum atomic E-state index is -0.207. The maximum Gasteiger partial charge on any atom is 0.319 e. The van der Waals surface area contributed by atoms with Crippen LogP contribution in [0.3, 0.4) is 0 Å². The summed E-state index contributed by atoms with van der Waals surface area (Å²) in [7, 11) is 3.17. The summed E-state index contributed by atoms with van der Waals surface area (Å²) in [5.74, 6) is 1.28. The summed E-state index contributed by atoms with van der Waals surface area (Å²) >= 11 is 0. The van der Waals surface area contributed by atoms with Gasteiger partial charge in [0.2, 0.25) is 0 Å². The summed E-state index contributed by atoms with van der Waals surface area (Å²) in [4.78, 5) is 14.6. The number of anilines is 1. The maximum atomic E-state index is 12.2. The van der Waals surface area contributed by atoms with Crippen LogP contribution in [0.1, 0.15) is 19.8 Å². The molecule has 0 radical (unpaired) electrons. The Labute approximate surface area is 131 Å². The Morgan fingerprint density at radius 2 is 2.00 bits per heavy atom. The Morgan fingerprint density at radius 1 is 1.27 bits per heavy atom. The normalized spacial score (nSPS) is 16.1. The molecule has 122 valence electrons. The fourth-order valence-corrected chi connectivity index (χ4v) is 2.65. The average Bonchev–Trinajstić information content (AvgIpc) is 2.55. The molecule has 1 aromatic carbocycles. The molecule has 0 spiro atoms. The minimum Gasteiger partial charge on any atom is -0.497 e. The zero-order chi connectivity index (χ0) is 15.9. The standard InChI is InChI=1S/C16H25N3O3/c1-4-19-9-7-12(8-10-19)17-16(20)18-14-11-13(21-2)5-6-15(14)22-3/h5-6,11-12H,4,7-10H2,1-3H3,(H2,17,18,20). The van der Waals surface area contributed by atoms with E-state index in [1.54, 1.807) is 32.4 Å². The molecule has 1 aromatic rings. The number of amides is 2. The van der Waals surface area contributed by atoms with E-state index in [0.717, 1.165) is 32.5 Å². The van der Waals surface area contributed by atoms with E-state index >= 15 is 0 Å².